The highest BCUT2D eigenvalue weighted by molar-refractivity contribution is 5.88. The molecule has 156 valence electrons. The lowest BCUT2D eigenvalue weighted by molar-refractivity contribution is -0.178. The lowest BCUT2D eigenvalue weighted by atomic mass is 9.66. The third-order valence-corrected chi connectivity index (χ3v) is 7.29. The standard InChI is InChI=1S/C26H30N2O2/c1-3-19-13-26(30)14-20(15-26)28(19)24(29)12-21(18-9-5-4-6-10-18)22-16-27-23-11-7-8-17(2)25(22)23/h4-11,16,19-21,27,30H,3,12-15H2,1-2H3. The van der Waals surface area contributed by atoms with Crippen LogP contribution in [0.5, 0.6) is 0 Å². The minimum absolute atomic E-state index is 0.00643. The van der Waals surface area contributed by atoms with Crippen LogP contribution in [0.25, 0.3) is 10.9 Å². The number of H-pyrrole nitrogens is 1. The van der Waals surface area contributed by atoms with Gasteiger partial charge < -0.3 is 15.0 Å². The van der Waals surface area contributed by atoms with Crippen LogP contribution in [-0.2, 0) is 4.79 Å². The van der Waals surface area contributed by atoms with Gasteiger partial charge in [0.1, 0.15) is 0 Å². The average molecular weight is 403 g/mol. The van der Waals surface area contributed by atoms with Gasteiger partial charge in [-0.3, -0.25) is 4.79 Å². The maximum Gasteiger partial charge on any atom is 0.224 e. The van der Waals surface area contributed by atoms with E-state index < -0.39 is 5.60 Å². The summed E-state index contributed by atoms with van der Waals surface area (Å²) in [7, 11) is 0. The van der Waals surface area contributed by atoms with Crippen molar-refractivity contribution < 1.29 is 9.90 Å². The topological polar surface area (TPSA) is 56.3 Å². The Labute approximate surface area is 177 Å². The van der Waals surface area contributed by atoms with E-state index >= 15 is 0 Å². The van der Waals surface area contributed by atoms with E-state index in [9.17, 15) is 9.90 Å². The van der Waals surface area contributed by atoms with Gasteiger partial charge in [0.2, 0.25) is 5.91 Å². The molecular formula is C26H30N2O2. The number of nitrogens with zero attached hydrogens (tertiary/aromatic N) is 1. The van der Waals surface area contributed by atoms with Gasteiger partial charge in [-0.25, -0.2) is 0 Å². The van der Waals surface area contributed by atoms with E-state index in [-0.39, 0.29) is 23.9 Å². The van der Waals surface area contributed by atoms with Gasteiger partial charge in [-0.1, -0.05) is 49.4 Å². The molecule has 30 heavy (non-hydrogen) atoms. The number of nitrogens with one attached hydrogen (secondary N) is 1. The van der Waals surface area contributed by atoms with Crippen molar-refractivity contribution in [3.05, 3.63) is 71.4 Å². The second-order valence-electron chi connectivity index (χ2n) is 9.26. The molecule has 2 aromatic carbocycles. The molecule has 6 rings (SSSR count). The Kier molecular flexibility index (Phi) is 4.70. The maximum absolute atomic E-state index is 13.6. The van der Waals surface area contributed by atoms with Crippen LogP contribution in [0.15, 0.2) is 54.7 Å². The van der Waals surface area contributed by atoms with Crippen LogP contribution >= 0.6 is 0 Å². The molecule has 1 amide bonds. The zero-order valence-electron chi connectivity index (χ0n) is 17.8. The third kappa shape index (κ3) is 3.14. The summed E-state index contributed by atoms with van der Waals surface area (Å²) in [6.45, 7) is 4.26. The Morgan fingerprint density at radius 1 is 1.17 bits per heavy atom. The molecule has 2 unspecified atom stereocenters. The van der Waals surface area contributed by atoms with Crippen molar-refractivity contribution in [2.24, 2.45) is 0 Å². The van der Waals surface area contributed by atoms with E-state index in [1.807, 2.05) is 6.07 Å². The number of carbonyl (C=O) groups is 1. The molecule has 3 aromatic rings. The summed E-state index contributed by atoms with van der Waals surface area (Å²) >= 11 is 0. The van der Waals surface area contributed by atoms with Gasteiger partial charge in [0.05, 0.1) is 5.60 Å². The molecule has 2 aliphatic heterocycles. The molecule has 2 bridgehead atoms. The van der Waals surface area contributed by atoms with Crippen LogP contribution < -0.4 is 0 Å². The summed E-state index contributed by atoms with van der Waals surface area (Å²) in [6.07, 6.45) is 5.62. The predicted molar refractivity (Wildman–Crippen MR) is 119 cm³/mol. The number of carbonyl (C=O) groups excluding carboxylic acids is 1. The summed E-state index contributed by atoms with van der Waals surface area (Å²) < 4.78 is 0. The Morgan fingerprint density at radius 3 is 2.67 bits per heavy atom. The smallest absolute Gasteiger partial charge is 0.224 e. The molecule has 0 spiro atoms. The Balaban J connectivity index is 1.51. The first-order chi connectivity index (χ1) is 14.5. The number of amides is 1. The maximum atomic E-state index is 13.6. The van der Waals surface area contributed by atoms with Crippen molar-refractivity contribution in [3.63, 3.8) is 0 Å². The first-order valence-electron chi connectivity index (χ1n) is 11.1. The number of hydrogen-bond donors (Lipinski definition) is 2. The highest BCUT2D eigenvalue weighted by Gasteiger charge is 2.54. The van der Waals surface area contributed by atoms with E-state index in [1.165, 1.54) is 22.1 Å². The summed E-state index contributed by atoms with van der Waals surface area (Å²) in [5.41, 5.74) is 4.18. The summed E-state index contributed by atoms with van der Waals surface area (Å²) in [5.74, 6) is 0.220. The van der Waals surface area contributed by atoms with Gasteiger partial charge in [0.15, 0.2) is 0 Å². The van der Waals surface area contributed by atoms with Crippen LogP contribution in [0.2, 0.25) is 0 Å². The second kappa shape index (κ2) is 7.28. The molecule has 0 radical (unpaired) electrons. The monoisotopic (exact) mass is 402 g/mol. The fourth-order valence-electron chi connectivity index (χ4n) is 5.81. The Bertz CT molecular complexity index is 1070. The van der Waals surface area contributed by atoms with Crippen LogP contribution in [-0.4, -0.2) is 38.6 Å². The quantitative estimate of drug-likeness (QED) is 0.638. The number of aryl methyl sites for hydroxylation is 1. The van der Waals surface area contributed by atoms with Crippen molar-refractivity contribution in [1.29, 1.82) is 0 Å². The third-order valence-electron chi connectivity index (χ3n) is 7.29. The highest BCUT2D eigenvalue weighted by Crippen LogP contribution is 2.47. The first kappa shape index (κ1) is 19.4. The van der Waals surface area contributed by atoms with E-state index in [1.54, 1.807) is 0 Å². The van der Waals surface area contributed by atoms with Gasteiger partial charge in [-0.2, -0.15) is 0 Å². The highest BCUT2D eigenvalue weighted by atomic mass is 16.3. The normalized spacial score (nSPS) is 26.4. The zero-order chi connectivity index (χ0) is 20.9. The fourth-order valence-corrected chi connectivity index (χ4v) is 5.81. The molecular weight excluding hydrogens is 372 g/mol. The number of aromatic amines is 1. The molecule has 1 aliphatic carbocycles. The van der Waals surface area contributed by atoms with Crippen LogP contribution in [0, 0.1) is 6.92 Å². The predicted octanol–water partition coefficient (Wildman–Crippen LogP) is 4.90. The van der Waals surface area contributed by atoms with E-state index in [0.717, 1.165) is 24.8 Å². The zero-order valence-corrected chi connectivity index (χ0v) is 17.8. The average Bonchev–Trinajstić information content (AvgIpc) is 3.16. The summed E-state index contributed by atoms with van der Waals surface area (Å²) in [5, 5.41) is 11.8. The van der Waals surface area contributed by atoms with Crippen molar-refractivity contribution in [2.75, 3.05) is 0 Å². The summed E-state index contributed by atoms with van der Waals surface area (Å²) in [6, 6.07) is 17.0. The number of aliphatic hydroxyl groups is 1. The van der Waals surface area contributed by atoms with Gasteiger partial charge in [-0.15, -0.1) is 0 Å². The van der Waals surface area contributed by atoms with Crippen LogP contribution in [0.1, 0.15) is 61.6 Å². The molecule has 3 aliphatic rings. The van der Waals surface area contributed by atoms with E-state index in [2.05, 4.69) is 72.4 Å². The van der Waals surface area contributed by atoms with Gasteiger partial charge in [0.25, 0.3) is 0 Å². The Hall–Kier alpha value is -2.59. The number of piperidine rings is 2. The molecule has 3 heterocycles. The van der Waals surface area contributed by atoms with Gasteiger partial charge >= 0.3 is 0 Å². The Morgan fingerprint density at radius 2 is 1.93 bits per heavy atom. The lowest BCUT2D eigenvalue weighted by Gasteiger charge is -2.58. The molecule has 4 nitrogen and oxygen atoms in total. The van der Waals surface area contributed by atoms with E-state index in [4.69, 9.17) is 0 Å². The van der Waals surface area contributed by atoms with Crippen molar-refractivity contribution in [1.82, 2.24) is 9.88 Å². The number of fused-ring (bicyclic) bond motifs is 3. The molecule has 2 N–H and O–H groups in total. The molecule has 4 heteroatoms. The van der Waals surface area contributed by atoms with Gasteiger partial charge in [-0.05, 0) is 55.4 Å². The van der Waals surface area contributed by atoms with Gasteiger partial charge in [0, 0.05) is 41.5 Å². The summed E-state index contributed by atoms with van der Waals surface area (Å²) in [4.78, 5) is 19.2. The second-order valence-corrected chi connectivity index (χ2v) is 9.26. The largest absolute Gasteiger partial charge is 0.390 e. The van der Waals surface area contributed by atoms with E-state index in [0.29, 0.717) is 12.8 Å². The van der Waals surface area contributed by atoms with Crippen molar-refractivity contribution >= 4 is 16.8 Å². The number of rotatable bonds is 5. The number of hydrogen-bond acceptors (Lipinski definition) is 2. The number of aromatic nitrogens is 1. The molecule has 1 aromatic heterocycles. The molecule has 2 saturated heterocycles. The van der Waals surface area contributed by atoms with Crippen molar-refractivity contribution in [2.45, 2.75) is 69.6 Å². The van der Waals surface area contributed by atoms with Crippen molar-refractivity contribution in [3.8, 4) is 0 Å². The minimum Gasteiger partial charge on any atom is -0.390 e. The van der Waals surface area contributed by atoms with Crippen LogP contribution in [0.4, 0.5) is 0 Å². The first-order valence-corrected chi connectivity index (χ1v) is 11.1. The molecule has 1 saturated carbocycles. The fraction of sp³-hybridized carbons (Fsp3) is 0.423. The SMILES string of the molecule is CCC1CC2(O)CC(C2)N1C(=O)CC(c1ccccc1)c1c[nH]c2cccc(C)c12. The van der Waals surface area contributed by atoms with Crippen LogP contribution in [0.3, 0.4) is 0 Å². The molecule has 3 fully saturated rings. The minimum atomic E-state index is -0.533. The number of benzene rings is 2. The molecule has 2 atom stereocenters. The lowest BCUT2D eigenvalue weighted by Crippen LogP contribution is -2.67.